The van der Waals surface area contributed by atoms with Crippen molar-refractivity contribution in [3.63, 3.8) is 0 Å². The van der Waals surface area contributed by atoms with Gasteiger partial charge in [0, 0.05) is 17.3 Å². The Hall–Kier alpha value is -2.69. The van der Waals surface area contributed by atoms with Crippen LogP contribution in [0, 0.1) is 17.0 Å². The van der Waals surface area contributed by atoms with Crippen molar-refractivity contribution in [1.82, 2.24) is 0 Å². The number of rotatable bonds is 5. The maximum atomic E-state index is 12.2. The SMILES string of the molecule is CCc1cccc(C)c1NC(=O)Cc1ccccc1[N+](=O)[O-]. The first-order valence-corrected chi connectivity index (χ1v) is 7.13. The number of nitro benzene ring substituents is 1. The largest absolute Gasteiger partial charge is 0.325 e. The van der Waals surface area contributed by atoms with E-state index in [4.69, 9.17) is 0 Å². The molecule has 0 heterocycles. The number of hydrogen-bond donors (Lipinski definition) is 1. The second kappa shape index (κ2) is 6.85. The highest BCUT2D eigenvalue weighted by Gasteiger charge is 2.16. The zero-order valence-electron chi connectivity index (χ0n) is 12.6. The topological polar surface area (TPSA) is 72.2 Å². The van der Waals surface area contributed by atoms with E-state index in [2.05, 4.69) is 5.32 Å². The van der Waals surface area contributed by atoms with Gasteiger partial charge in [0.15, 0.2) is 0 Å². The highest BCUT2D eigenvalue weighted by Crippen LogP contribution is 2.23. The Morgan fingerprint density at radius 2 is 1.82 bits per heavy atom. The van der Waals surface area contributed by atoms with Crippen LogP contribution in [0.5, 0.6) is 0 Å². The minimum absolute atomic E-state index is 0.0192. The predicted molar refractivity (Wildman–Crippen MR) is 86.0 cm³/mol. The van der Waals surface area contributed by atoms with Crippen LogP contribution in [0.25, 0.3) is 0 Å². The summed E-state index contributed by atoms with van der Waals surface area (Å²) in [5.41, 5.74) is 3.22. The van der Waals surface area contributed by atoms with Crippen LogP contribution in [0.3, 0.4) is 0 Å². The van der Waals surface area contributed by atoms with Gasteiger partial charge in [0.25, 0.3) is 5.69 Å². The third-order valence-electron chi connectivity index (χ3n) is 3.54. The highest BCUT2D eigenvalue weighted by atomic mass is 16.6. The van der Waals surface area contributed by atoms with E-state index < -0.39 is 4.92 Å². The lowest BCUT2D eigenvalue weighted by Gasteiger charge is -2.13. The summed E-state index contributed by atoms with van der Waals surface area (Å²) in [7, 11) is 0. The molecule has 0 saturated carbocycles. The molecule has 2 aromatic carbocycles. The van der Waals surface area contributed by atoms with Crippen LogP contribution in [0.4, 0.5) is 11.4 Å². The summed E-state index contributed by atoms with van der Waals surface area (Å²) >= 11 is 0. The summed E-state index contributed by atoms with van der Waals surface area (Å²) in [5.74, 6) is -0.252. The van der Waals surface area contributed by atoms with Gasteiger partial charge in [0.2, 0.25) is 5.91 Å². The second-order valence-electron chi connectivity index (χ2n) is 5.07. The summed E-state index contributed by atoms with van der Waals surface area (Å²) in [4.78, 5) is 22.8. The Morgan fingerprint density at radius 3 is 2.50 bits per heavy atom. The molecule has 2 aromatic rings. The molecule has 5 nitrogen and oxygen atoms in total. The molecule has 0 spiro atoms. The molecule has 1 N–H and O–H groups in total. The van der Waals surface area contributed by atoms with Gasteiger partial charge in [-0.05, 0) is 24.5 Å². The molecule has 0 radical (unpaired) electrons. The fourth-order valence-corrected chi connectivity index (χ4v) is 2.40. The van der Waals surface area contributed by atoms with Gasteiger partial charge in [0.05, 0.1) is 11.3 Å². The third-order valence-corrected chi connectivity index (χ3v) is 3.54. The van der Waals surface area contributed by atoms with E-state index in [0.29, 0.717) is 5.56 Å². The molecule has 0 bridgehead atoms. The number of nitrogens with zero attached hydrogens (tertiary/aromatic N) is 1. The van der Waals surface area contributed by atoms with E-state index in [1.807, 2.05) is 32.0 Å². The Bertz CT molecular complexity index is 711. The number of nitrogens with one attached hydrogen (secondary N) is 1. The minimum atomic E-state index is -0.464. The Morgan fingerprint density at radius 1 is 1.14 bits per heavy atom. The van der Waals surface area contributed by atoms with Crippen LogP contribution in [-0.2, 0) is 17.6 Å². The number of anilines is 1. The quantitative estimate of drug-likeness (QED) is 0.676. The van der Waals surface area contributed by atoms with Gasteiger partial charge in [-0.25, -0.2) is 0 Å². The van der Waals surface area contributed by atoms with Gasteiger partial charge in [-0.3, -0.25) is 14.9 Å². The summed E-state index contributed by atoms with van der Waals surface area (Å²) in [6.45, 7) is 3.95. The zero-order valence-corrected chi connectivity index (χ0v) is 12.6. The van der Waals surface area contributed by atoms with Crippen LogP contribution in [0.2, 0.25) is 0 Å². The number of carbonyl (C=O) groups is 1. The molecule has 0 aromatic heterocycles. The molecule has 0 aliphatic heterocycles. The predicted octanol–water partition coefficient (Wildman–Crippen LogP) is 3.65. The number of para-hydroxylation sites is 2. The Labute approximate surface area is 129 Å². The summed E-state index contributed by atoms with van der Waals surface area (Å²) in [6.07, 6.45) is 0.789. The lowest BCUT2D eigenvalue weighted by Crippen LogP contribution is -2.17. The van der Waals surface area contributed by atoms with Crippen LogP contribution >= 0.6 is 0 Å². The average Bonchev–Trinajstić information content (AvgIpc) is 2.49. The van der Waals surface area contributed by atoms with Gasteiger partial charge in [-0.1, -0.05) is 43.3 Å². The number of carbonyl (C=O) groups excluding carboxylic acids is 1. The maximum absolute atomic E-state index is 12.2. The molecule has 1 amide bonds. The van der Waals surface area contributed by atoms with E-state index in [9.17, 15) is 14.9 Å². The van der Waals surface area contributed by atoms with Crippen molar-refractivity contribution in [2.75, 3.05) is 5.32 Å². The molecule has 0 saturated heterocycles. The first-order chi connectivity index (χ1) is 10.5. The van der Waals surface area contributed by atoms with Crippen LogP contribution in [0.15, 0.2) is 42.5 Å². The van der Waals surface area contributed by atoms with E-state index >= 15 is 0 Å². The van der Waals surface area contributed by atoms with Gasteiger partial charge >= 0.3 is 0 Å². The van der Waals surface area contributed by atoms with Gasteiger partial charge in [-0.15, -0.1) is 0 Å². The molecule has 0 fully saturated rings. The normalized spacial score (nSPS) is 10.3. The van der Waals surface area contributed by atoms with Gasteiger partial charge in [-0.2, -0.15) is 0 Å². The first kappa shape index (κ1) is 15.7. The van der Waals surface area contributed by atoms with Crippen molar-refractivity contribution in [3.8, 4) is 0 Å². The van der Waals surface area contributed by atoms with E-state index in [1.54, 1.807) is 18.2 Å². The molecular formula is C17H18N2O3. The van der Waals surface area contributed by atoms with Crippen LogP contribution in [-0.4, -0.2) is 10.8 Å². The molecule has 0 aliphatic carbocycles. The third kappa shape index (κ3) is 3.49. The van der Waals surface area contributed by atoms with Crippen molar-refractivity contribution < 1.29 is 9.72 Å². The molecule has 5 heteroatoms. The fraction of sp³-hybridized carbons (Fsp3) is 0.235. The zero-order chi connectivity index (χ0) is 16.1. The minimum Gasteiger partial charge on any atom is -0.325 e. The molecule has 114 valence electrons. The fourth-order valence-electron chi connectivity index (χ4n) is 2.40. The summed E-state index contributed by atoms with van der Waals surface area (Å²) < 4.78 is 0. The molecular weight excluding hydrogens is 280 g/mol. The second-order valence-corrected chi connectivity index (χ2v) is 5.07. The monoisotopic (exact) mass is 298 g/mol. The van der Waals surface area contributed by atoms with E-state index in [-0.39, 0.29) is 18.0 Å². The Kier molecular flexibility index (Phi) is 4.88. The van der Waals surface area contributed by atoms with Crippen molar-refractivity contribution >= 4 is 17.3 Å². The smallest absolute Gasteiger partial charge is 0.273 e. The summed E-state index contributed by atoms with van der Waals surface area (Å²) in [6, 6.07) is 12.2. The van der Waals surface area contributed by atoms with Crippen molar-refractivity contribution in [2.24, 2.45) is 0 Å². The Balaban J connectivity index is 2.20. The highest BCUT2D eigenvalue weighted by molar-refractivity contribution is 5.94. The lowest BCUT2D eigenvalue weighted by molar-refractivity contribution is -0.385. The van der Waals surface area contributed by atoms with Crippen molar-refractivity contribution in [3.05, 3.63) is 69.3 Å². The number of aryl methyl sites for hydroxylation is 2. The van der Waals surface area contributed by atoms with E-state index in [1.165, 1.54) is 6.07 Å². The lowest BCUT2D eigenvalue weighted by atomic mass is 10.0. The summed E-state index contributed by atoms with van der Waals surface area (Å²) in [5, 5.41) is 13.9. The van der Waals surface area contributed by atoms with Crippen LogP contribution in [0.1, 0.15) is 23.6 Å². The number of nitro groups is 1. The van der Waals surface area contributed by atoms with E-state index in [0.717, 1.165) is 23.2 Å². The average molecular weight is 298 g/mol. The molecule has 0 unspecified atom stereocenters. The van der Waals surface area contributed by atoms with Gasteiger partial charge < -0.3 is 5.32 Å². The molecule has 0 aliphatic rings. The maximum Gasteiger partial charge on any atom is 0.273 e. The number of hydrogen-bond acceptors (Lipinski definition) is 3. The molecule has 2 rings (SSSR count). The van der Waals surface area contributed by atoms with Crippen molar-refractivity contribution in [2.45, 2.75) is 26.7 Å². The number of amides is 1. The molecule has 22 heavy (non-hydrogen) atoms. The van der Waals surface area contributed by atoms with Crippen molar-refractivity contribution in [1.29, 1.82) is 0 Å². The first-order valence-electron chi connectivity index (χ1n) is 7.13. The number of benzene rings is 2. The van der Waals surface area contributed by atoms with Crippen LogP contribution < -0.4 is 5.32 Å². The van der Waals surface area contributed by atoms with Gasteiger partial charge in [0.1, 0.15) is 0 Å². The standard InChI is InChI=1S/C17H18N2O3/c1-3-13-9-6-7-12(2)17(13)18-16(20)11-14-8-4-5-10-15(14)19(21)22/h4-10H,3,11H2,1-2H3,(H,18,20). The molecule has 0 atom stereocenters.